The molecule has 0 atom stereocenters. The number of methoxy groups -OCH3 is 1. The van der Waals surface area contributed by atoms with Crippen molar-refractivity contribution in [2.75, 3.05) is 32.6 Å². The number of nitrogens with zero attached hydrogens (tertiary/aromatic N) is 2. The van der Waals surface area contributed by atoms with E-state index in [1.54, 1.807) is 7.11 Å². The minimum Gasteiger partial charge on any atom is -0.384 e. The maximum atomic E-state index is 13.4. The van der Waals surface area contributed by atoms with Crippen molar-refractivity contribution in [3.63, 3.8) is 0 Å². The first-order chi connectivity index (χ1) is 16.1. The summed E-state index contributed by atoms with van der Waals surface area (Å²) in [7, 11) is 1.67. The zero-order valence-electron chi connectivity index (χ0n) is 18.7. The first-order valence-corrected chi connectivity index (χ1v) is 12.3. The predicted molar refractivity (Wildman–Crippen MR) is 130 cm³/mol. The normalized spacial score (nSPS) is 16.3. The SMILES string of the molecule is COCCSc1nc2c(c(=O)[nH]1)C1(CCN(C(=O)c3ccccc3)CC1)Cc1ccccc1-2. The molecule has 1 aliphatic heterocycles. The average molecular weight is 462 g/mol. The van der Waals surface area contributed by atoms with Gasteiger partial charge in [-0.25, -0.2) is 4.98 Å². The van der Waals surface area contributed by atoms with Gasteiger partial charge in [-0.05, 0) is 37.0 Å². The van der Waals surface area contributed by atoms with Crippen LogP contribution in [0.2, 0.25) is 0 Å². The van der Waals surface area contributed by atoms with Crippen molar-refractivity contribution in [1.82, 2.24) is 14.9 Å². The second-order valence-corrected chi connectivity index (χ2v) is 9.79. The molecule has 1 fully saturated rings. The molecule has 170 valence electrons. The van der Waals surface area contributed by atoms with Gasteiger partial charge in [0.2, 0.25) is 0 Å². The van der Waals surface area contributed by atoms with Gasteiger partial charge < -0.3 is 14.6 Å². The maximum absolute atomic E-state index is 13.4. The lowest BCUT2D eigenvalue weighted by atomic mass is 9.64. The highest BCUT2D eigenvalue weighted by atomic mass is 32.2. The first kappa shape index (κ1) is 21.9. The van der Waals surface area contributed by atoms with E-state index in [4.69, 9.17) is 9.72 Å². The first-order valence-electron chi connectivity index (χ1n) is 11.3. The Hall–Kier alpha value is -2.90. The number of H-pyrrole nitrogens is 1. The Kier molecular flexibility index (Phi) is 6.08. The molecule has 33 heavy (non-hydrogen) atoms. The van der Waals surface area contributed by atoms with Crippen molar-refractivity contribution in [2.45, 2.75) is 29.8 Å². The van der Waals surface area contributed by atoms with Gasteiger partial charge in [-0.1, -0.05) is 54.2 Å². The van der Waals surface area contributed by atoms with Gasteiger partial charge in [0.05, 0.1) is 17.9 Å². The van der Waals surface area contributed by atoms with Crippen LogP contribution >= 0.6 is 11.8 Å². The minimum absolute atomic E-state index is 0.0545. The monoisotopic (exact) mass is 461 g/mol. The summed E-state index contributed by atoms with van der Waals surface area (Å²) >= 11 is 1.50. The van der Waals surface area contributed by atoms with Gasteiger partial charge in [0.1, 0.15) is 0 Å². The van der Waals surface area contributed by atoms with Crippen LogP contribution in [0.15, 0.2) is 64.5 Å². The predicted octanol–water partition coefficient (Wildman–Crippen LogP) is 3.91. The van der Waals surface area contributed by atoms with E-state index in [0.29, 0.717) is 30.4 Å². The van der Waals surface area contributed by atoms with Crippen LogP contribution in [0, 0.1) is 0 Å². The van der Waals surface area contributed by atoms with E-state index in [1.165, 1.54) is 17.3 Å². The third-order valence-electron chi connectivity index (χ3n) is 6.78. The number of rotatable bonds is 5. The lowest BCUT2D eigenvalue weighted by Gasteiger charge is -2.44. The Balaban J connectivity index is 1.48. The fraction of sp³-hybridized carbons (Fsp3) is 0.346. The number of hydrogen-bond acceptors (Lipinski definition) is 5. The van der Waals surface area contributed by atoms with Gasteiger partial charge in [0, 0.05) is 42.5 Å². The summed E-state index contributed by atoms with van der Waals surface area (Å²) in [5.74, 6) is 0.778. The highest BCUT2D eigenvalue weighted by Crippen LogP contribution is 2.46. The molecule has 1 amide bonds. The van der Waals surface area contributed by atoms with Crippen LogP contribution in [0.3, 0.4) is 0 Å². The summed E-state index contributed by atoms with van der Waals surface area (Å²) in [6.07, 6.45) is 2.28. The largest absolute Gasteiger partial charge is 0.384 e. The zero-order chi connectivity index (χ0) is 22.8. The number of amides is 1. The molecule has 2 aliphatic rings. The van der Waals surface area contributed by atoms with E-state index in [1.807, 2.05) is 47.4 Å². The second-order valence-electron chi connectivity index (χ2n) is 8.71. The molecule has 2 heterocycles. The molecule has 1 aliphatic carbocycles. The van der Waals surface area contributed by atoms with E-state index >= 15 is 0 Å². The van der Waals surface area contributed by atoms with E-state index in [-0.39, 0.29) is 16.9 Å². The standard InChI is InChI=1S/C26H27N3O3S/c1-32-15-16-33-25-27-22-20-10-6-5-9-19(20)17-26(21(22)23(30)28-25)11-13-29(14-12-26)24(31)18-7-3-2-4-8-18/h2-10H,11-17H2,1H3,(H,27,28,30). The van der Waals surface area contributed by atoms with Crippen LogP contribution in [-0.2, 0) is 16.6 Å². The third kappa shape index (κ3) is 4.11. The summed E-state index contributed by atoms with van der Waals surface area (Å²) in [6.45, 7) is 1.84. The fourth-order valence-electron chi connectivity index (χ4n) is 5.12. The van der Waals surface area contributed by atoms with E-state index in [2.05, 4.69) is 17.1 Å². The van der Waals surface area contributed by atoms with Crippen LogP contribution in [-0.4, -0.2) is 53.3 Å². The molecule has 1 spiro atoms. The van der Waals surface area contributed by atoms with E-state index in [0.717, 1.165) is 41.8 Å². The lowest BCUT2D eigenvalue weighted by Crippen LogP contribution is -2.49. The Bertz CT molecular complexity index is 1220. The Morgan fingerprint density at radius 1 is 1.12 bits per heavy atom. The van der Waals surface area contributed by atoms with Gasteiger partial charge >= 0.3 is 0 Å². The Morgan fingerprint density at radius 2 is 1.85 bits per heavy atom. The van der Waals surface area contributed by atoms with Crippen molar-refractivity contribution >= 4 is 17.7 Å². The van der Waals surface area contributed by atoms with E-state index < -0.39 is 0 Å². The average Bonchev–Trinajstić information content (AvgIpc) is 2.85. The number of benzene rings is 2. The number of hydrogen-bond donors (Lipinski definition) is 1. The van der Waals surface area contributed by atoms with Crippen molar-refractivity contribution in [2.24, 2.45) is 0 Å². The molecule has 0 radical (unpaired) electrons. The quantitative estimate of drug-likeness (QED) is 0.354. The topological polar surface area (TPSA) is 75.3 Å². The number of fused-ring (bicyclic) bond motifs is 4. The zero-order valence-corrected chi connectivity index (χ0v) is 19.5. The fourth-order valence-corrected chi connectivity index (χ4v) is 5.88. The van der Waals surface area contributed by atoms with Gasteiger partial charge in [-0.15, -0.1) is 0 Å². The second kappa shape index (κ2) is 9.15. The molecule has 7 heteroatoms. The molecule has 3 aromatic rings. The van der Waals surface area contributed by atoms with Gasteiger partial charge in [-0.3, -0.25) is 9.59 Å². The molecular weight excluding hydrogens is 434 g/mol. The molecule has 5 rings (SSSR count). The van der Waals surface area contributed by atoms with Crippen LogP contribution in [0.5, 0.6) is 0 Å². The van der Waals surface area contributed by atoms with E-state index in [9.17, 15) is 9.59 Å². The third-order valence-corrected chi connectivity index (χ3v) is 7.62. The Morgan fingerprint density at radius 3 is 2.61 bits per heavy atom. The summed E-state index contributed by atoms with van der Waals surface area (Å²) in [5.41, 5.74) is 4.18. The number of aromatic amines is 1. The molecule has 1 saturated heterocycles. The van der Waals surface area contributed by atoms with Gasteiger partial charge in [0.25, 0.3) is 11.5 Å². The number of ether oxygens (including phenoxy) is 1. The highest BCUT2D eigenvalue weighted by molar-refractivity contribution is 7.99. The number of likely N-dealkylation sites (tertiary alicyclic amines) is 1. The van der Waals surface area contributed by atoms with Gasteiger partial charge in [0.15, 0.2) is 5.16 Å². The molecule has 2 aromatic carbocycles. The molecule has 0 unspecified atom stereocenters. The molecular formula is C26H27N3O3S. The van der Waals surface area contributed by atoms with Gasteiger partial charge in [-0.2, -0.15) is 0 Å². The number of aromatic nitrogens is 2. The summed E-state index contributed by atoms with van der Waals surface area (Å²) in [5, 5.41) is 0.624. The molecule has 1 aromatic heterocycles. The minimum atomic E-state index is -0.312. The van der Waals surface area contributed by atoms with Crippen LogP contribution in [0.1, 0.15) is 34.3 Å². The number of piperidine rings is 1. The van der Waals surface area contributed by atoms with Crippen molar-refractivity contribution < 1.29 is 9.53 Å². The Labute approximate surface area is 197 Å². The highest BCUT2D eigenvalue weighted by Gasteiger charge is 2.44. The van der Waals surface area contributed by atoms with Crippen LogP contribution in [0.4, 0.5) is 0 Å². The summed E-state index contributed by atoms with van der Waals surface area (Å²) in [4.78, 5) is 36.2. The smallest absolute Gasteiger partial charge is 0.255 e. The molecule has 0 bridgehead atoms. The maximum Gasteiger partial charge on any atom is 0.255 e. The van der Waals surface area contributed by atoms with Crippen molar-refractivity contribution in [1.29, 1.82) is 0 Å². The van der Waals surface area contributed by atoms with Crippen molar-refractivity contribution in [3.05, 3.63) is 81.6 Å². The van der Waals surface area contributed by atoms with Crippen LogP contribution < -0.4 is 5.56 Å². The number of carbonyl (C=O) groups excluding carboxylic acids is 1. The molecule has 6 nitrogen and oxygen atoms in total. The lowest BCUT2D eigenvalue weighted by molar-refractivity contribution is 0.0663. The molecule has 0 saturated carbocycles. The number of thioether (sulfide) groups is 1. The summed E-state index contributed by atoms with van der Waals surface area (Å²) < 4.78 is 5.14. The number of nitrogens with one attached hydrogen (secondary N) is 1. The summed E-state index contributed by atoms with van der Waals surface area (Å²) in [6, 6.07) is 17.7. The molecule has 1 N–H and O–H groups in total. The van der Waals surface area contributed by atoms with Crippen LogP contribution in [0.25, 0.3) is 11.3 Å². The number of carbonyl (C=O) groups is 1. The van der Waals surface area contributed by atoms with Crippen molar-refractivity contribution in [3.8, 4) is 11.3 Å².